The Balaban J connectivity index is 2.36. The molecule has 29 heavy (non-hydrogen) atoms. The molecule has 0 radical (unpaired) electrons. The fraction of sp³-hybridized carbons (Fsp3) is 0.538. The fourth-order valence-corrected chi connectivity index (χ4v) is 22.2. The van der Waals surface area contributed by atoms with Crippen LogP contribution in [0.2, 0.25) is 13.3 Å². The number of hydrogen-bond donors (Lipinski definition) is 0. The molecule has 0 saturated heterocycles. The molecule has 0 aliphatic rings. The molecule has 1 nitrogen and oxygen atoms in total. The second kappa shape index (κ2) is 12.9. The van der Waals surface area contributed by atoms with Gasteiger partial charge in [0.25, 0.3) is 0 Å². The van der Waals surface area contributed by atoms with Crippen LogP contribution in [-0.2, 0) is 15.2 Å². The van der Waals surface area contributed by atoms with Gasteiger partial charge in [-0.05, 0) is 0 Å². The minimum atomic E-state index is -2.32. The summed E-state index contributed by atoms with van der Waals surface area (Å²) < 4.78 is 19.2. The normalized spacial score (nSPS) is 12.8. The van der Waals surface area contributed by atoms with Crippen LogP contribution in [0.4, 0.5) is 0 Å². The molecule has 2 aromatic carbocycles. The number of unbranched alkanes of at least 4 members (excludes halogenated alkanes) is 3. The zero-order valence-electron chi connectivity index (χ0n) is 19.0. The van der Waals surface area contributed by atoms with Crippen molar-refractivity contribution in [3.8, 4) is 0 Å². The Kier molecular flexibility index (Phi) is 11.0. The van der Waals surface area contributed by atoms with Crippen LogP contribution < -0.4 is 0 Å². The van der Waals surface area contributed by atoms with Gasteiger partial charge in [-0.1, -0.05) is 0 Å². The van der Waals surface area contributed by atoms with E-state index in [9.17, 15) is 4.21 Å². The summed E-state index contributed by atoms with van der Waals surface area (Å²) in [5.41, 5.74) is 2.60. The molecular formula is C26H40OSSn. The number of benzene rings is 2. The summed E-state index contributed by atoms with van der Waals surface area (Å²) in [4.78, 5) is 1.99. The predicted molar refractivity (Wildman–Crippen MR) is 131 cm³/mol. The van der Waals surface area contributed by atoms with Crippen molar-refractivity contribution >= 4 is 29.2 Å². The quantitative estimate of drug-likeness (QED) is 0.245. The van der Waals surface area contributed by atoms with E-state index in [1.54, 1.807) is 0 Å². The monoisotopic (exact) mass is 520 g/mol. The Bertz CT molecular complexity index is 732. The molecule has 0 amide bonds. The van der Waals surface area contributed by atoms with Crippen molar-refractivity contribution in [1.29, 1.82) is 0 Å². The third-order valence-corrected chi connectivity index (χ3v) is 23.0. The van der Waals surface area contributed by atoms with Crippen molar-refractivity contribution in [3.63, 3.8) is 0 Å². The minimum absolute atomic E-state index is 0.930. The van der Waals surface area contributed by atoms with E-state index in [4.69, 9.17) is 0 Å². The van der Waals surface area contributed by atoms with Gasteiger partial charge in [-0.2, -0.15) is 0 Å². The first-order valence-electron chi connectivity index (χ1n) is 11.6. The van der Waals surface area contributed by atoms with Gasteiger partial charge in [-0.25, -0.2) is 0 Å². The third-order valence-electron chi connectivity index (χ3n) is 6.15. The number of aryl methyl sites for hydroxylation is 1. The number of hydrogen-bond acceptors (Lipinski definition) is 1. The van der Waals surface area contributed by atoms with Crippen molar-refractivity contribution in [2.24, 2.45) is 0 Å². The molecule has 1 atom stereocenters. The first kappa shape index (κ1) is 24.7. The maximum atomic E-state index is 13.4. The van der Waals surface area contributed by atoms with E-state index in [1.165, 1.54) is 67.4 Å². The predicted octanol–water partition coefficient (Wildman–Crippen LogP) is 8.09. The molecule has 0 saturated carbocycles. The molecule has 2 aromatic rings. The molecule has 0 aromatic heterocycles. The first-order chi connectivity index (χ1) is 14.0. The summed E-state index contributed by atoms with van der Waals surface area (Å²) in [6.45, 7) is 9.07. The van der Waals surface area contributed by atoms with E-state index in [1.807, 2.05) is 12.1 Å². The van der Waals surface area contributed by atoms with Crippen LogP contribution >= 0.6 is 0 Å². The Labute approximate surface area is 186 Å². The topological polar surface area (TPSA) is 17.1 Å². The summed E-state index contributed by atoms with van der Waals surface area (Å²) in [5.74, 6) is 0. The van der Waals surface area contributed by atoms with Crippen molar-refractivity contribution in [2.75, 3.05) is 0 Å². The Morgan fingerprint density at radius 2 is 1.28 bits per heavy atom. The van der Waals surface area contributed by atoms with Crippen LogP contribution in [0.1, 0.15) is 70.4 Å². The van der Waals surface area contributed by atoms with Crippen LogP contribution in [0.25, 0.3) is 0 Å². The Morgan fingerprint density at radius 3 is 1.79 bits per heavy atom. The van der Waals surface area contributed by atoms with Gasteiger partial charge >= 0.3 is 187 Å². The van der Waals surface area contributed by atoms with Gasteiger partial charge < -0.3 is 0 Å². The summed E-state index contributed by atoms with van der Waals surface area (Å²) in [5, 5.41) is 0. The van der Waals surface area contributed by atoms with Crippen LogP contribution in [0.5, 0.6) is 0 Å². The standard InChI is InChI=1S/C14H13OS.3C4H9.Sn/c1-11-7-9-13(10-8-11)16(15)14-6-4-3-5-12(14)2;3*1-3-4-2;/h3-10H,2H2,1H3;3*1,3-4H2,2H3;. The summed E-state index contributed by atoms with van der Waals surface area (Å²) in [7, 11) is -1.08. The molecule has 3 heteroatoms. The number of rotatable bonds is 13. The summed E-state index contributed by atoms with van der Waals surface area (Å²) in [6, 6.07) is 16.8. The molecule has 0 bridgehead atoms. The van der Waals surface area contributed by atoms with Gasteiger partial charge in [0.05, 0.1) is 0 Å². The molecule has 0 fully saturated rings. The van der Waals surface area contributed by atoms with Gasteiger partial charge in [0.15, 0.2) is 0 Å². The van der Waals surface area contributed by atoms with E-state index in [2.05, 4.69) is 64.1 Å². The first-order valence-corrected chi connectivity index (χ1v) is 20.8. The van der Waals surface area contributed by atoms with Crippen LogP contribution in [-0.4, -0.2) is 22.6 Å². The molecule has 1 unspecified atom stereocenters. The maximum absolute atomic E-state index is 13.4. The van der Waals surface area contributed by atoms with Gasteiger partial charge in [0.1, 0.15) is 0 Å². The van der Waals surface area contributed by atoms with E-state index < -0.39 is 29.2 Å². The van der Waals surface area contributed by atoms with Crippen LogP contribution in [0.15, 0.2) is 58.3 Å². The zero-order valence-corrected chi connectivity index (χ0v) is 22.7. The van der Waals surface area contributed by atoms with Gasteiger partial charge in [0, 0.05) is 0 Å². The third kappa shape index (κ3) is 7.54. The average molecular weight is 519 g/mol. The van der Waals surface area contributed by atoms with Crippen molar-refractivity contribution in [3.05, 3.63) is 59.7 Å². The molecular weight excluding hydrogens is 479 g/mol. The average Bonchev–Trinajstić information content (AvgIpc) is 2.75. The molecule has 0 N–H and O–H groups in total. The molecule has 2 rings (SSSR count). The zero-order chi connectivity index (χ0) is 21.1. The van der Waals surface area contributed by atoms with Gasteiger partial charge in [-0.15, -0.1) is 0 Å². The molecule has 0 aliphatic heterocycles. The summed E-state index contributed by atoms with van der Waals surface area (Å²) in [6.07, 6.45) is 8.04. The molecule has 0 aliphatic carbocycles. The molecule has 0 heterocycles. The van der Waals surface area contributed by atoms with E-state index in [0.29, 0.717) is 0 Å². The van der Waals surface area contributed by atoms with Gasteiger partial charge in [0.2, 0.25) is 0 Å². The van der Waals surface area contributed by atoms with Crippen molar-refractivity contribution in [1.82, 2.24) is 0 Å². The van der Waals surface area contributed by atoms with Crippen molar-refractivity contribution in [2.45, 2.75) is 93.8 Å². The molecule has 0 spiro atoms. The SMILES string of the molecule is CCC[CH2][Sn]([CH2]CCC)([CH2]CCC)[CH2]c1ccccc1S(=O)c1ccc(C)cc1. The Hall–Kier alpha value is -0.611. The second-order valence-corrected chi connectivity index (χ2v) is 24.0. The van der Waals surface area contributed by atoms with Crippen molar-refractivity contribution < 1.29 is 4.21 Å². The van der Waals surface area contributed by atoms with E-state index in [-0.39, 0.29) is 0 Å². The Morgan fingerprint density at radius 1 is 0.759 bits per heavy atom. The van der Waals surface area contributed by atoms with E-state index in [0.717, 1.165) is 9.79 Å². The second-order valence-electron chi connectivity index (χ2n) is 8.68. The summed E-state index contributed by atoms with van der Waals surface area (Å²) >= 11 is -2.32. The van der Waals surface area contributed by atoms with Crippen LogP contribution in [0.3, 0.4) is 0 Å². The van der Waals surface area contributed by atoms with E-state index >= 15 is 0 Å². The van der Waals surface area contributed by atoms with Gasteiger partial charge in [-0.3, -0.25) is 0 Å². The van der Waals surface area contributed by atoms with Crippen LogP contribution in [0, 0.1) is 6.92 Å². The molecule has 160 valence electrons. The fourth-order valence-electron chi connectivity index (χ4n) is 4.32.